The first-order chi connectivity index (χ1) is 6.56. The summed E-state index contributed by atoms with van der Waals surface area (Å²) in [6.45, 7) is 0. The summed E-state index contributed by atoms with van der Waals surface area (Å²) < 4.78 is 25.0. The van der Waals surface area contributed by atoms with Crippen LogP contribution < -0.4 is 5.73 Å². The van der Waals surface area contributed by atoms with Gasteiger partial charge in [-0.05, 0) is 22.0 Å². The van der Waals surface area contributed by atoms with Crippen LogP contribution in [0.4, 0.5) is 14.5 Å². The summed E-state index contributed by atoms with van der Waals surface area (Å²) in [6, 6.07) is 2.92. The molecule has 0 spiro atoms. The van der Waals surface area contributed by atoms with E-state index in [1.807, 2.05) is 6.07 Å². The monoisotopic (exact) mass is 261 g/mol. The fourth-order valence-electron chi connectivity index (χ4n) is 0.930. The Balaban J connectivity index is 3.22. The SMILES string of the molecule is N#CCc1nc(C(F)F)cc(N)c1Br. The van der Waals surface area contributed by atoms with Crippen molar-refractivity contribution in [3.05, 3.63) is 21.9 Å². The van der Waals surface area contributed by atoms with Crippen LogP contribution in [0.3, 0.4) is 0 Å². The van der Waals surface area contributed by atoms with Gasteiger partial charge in [-0.25, -0.2) is 13.8 Å². The lowest BCUT2D eigenvalue weighted by molar-refractivity contribution is 0.146. The van der Waals surface area contributed by atoms with Gasteiger partial charge in [0.25, 0.3) is 6.43 Å². The van der Waals surface area contributed by atoms with Crippen molar-refractivity contribution in [2.24, 2.45) is 0 Å². The number of halogens is 3. The van der Waals surface area contributed by atoms with Crippen LogP contribution in [-0.4, -0.2) is 4.98 Å². The third-order valence-electron chi connectivity index (χ3n) is 1.54. The lowest BCUT2D eigenvalue weighted by atomic mass is 10.2. The molecule has 0 aliphatic heterocycles. The maximum absolute atomic E-state index is 12.3. The molecule has 3 nitrogen and oxygen atoms in total. The standard InChI is InChI=1S/C8H6BrF2N3/c9-7-4(13)3-6(8(10)11)14-5(7)1-2-12/h3,8H,1H2,(H2,13,14). The van der Waals surface area contributed by atoms with E-state index in [-0.39, 0.29) is 17.8 Å². The molecule has 0 aliphatic rings. The van der Waals surface area contributed by atoms with Crippen molar-refractivity contribution in [1.29, 1.82) is 5.26 Å². The molecule has 1 rings (SSSR count). The normalized spacial score (nSPS) is 10.2. The second-order valence-electron chi connectivity index (χ2n) is 2.53. The van der Waals surface area contributed by atoms with Gasteiger partial charge in [-0.15, -0.1) is 0 Å². The topological polar surface area (TPSA) is 62.7 Å². The number of pyridine rings is 1. The number of nitrogen functional groups attached to an aromatic ring is 1. The van der Waals surface area contributed by atoms with Gasteiger partial charge in [-0.1, -0.05) is 0 Å². The summed E-state index contributed by atoms with van der Waals surface area (Å²) in [6.07, 6.45) is -2.73. The molecular weight excluding hydrogens is 256 g/mol. The number of hydrogen-bond acceptors (Lipinski definition) is 3. The van der Waals surface area contributed by atoms with E-state index >= 15 is 0 Å². The van der Waals surface area contributed by atoms with Crippen LogP contribution in [0, 0.1) is 11.3 Å². The Labute approximate surface area is 87.7 Å². The fraction of sp³-hybridized carbons (Fsp3) is 0.250. The largest absolute Gasteiger partial charge is 0.398 e. The zero-order valence-corrected chi connectivity index (χ0v) is 8.55. The van der Waals surface area contributed by atoms with Gasteiger partial charge in [0.2, 0.25) is 0 Å². The van der Waals surface area contributed by atoms with Gasteiger partial charge in [0.1, 0.15) is 5.69 Å². The Morgan fingerprint density at radius 2 is 2.29 bits per heavy atom. The molecule has 0 saturated heterocycles. The molecule has 0 amide bonds. The van der Waals surface area contributed by atoms with Gasteiger partial charge in [-0.2, -0.15) is 5.26 Å². The Kier molecular flexibility index (Phi) is 3.36. The van der Waals surface area contributed by atoms with Gasteiger partial charge in [0.05, 0.1) is 22.7 Å². The first kappa shape index (κ1) is 10.9. The fourth-order valence-corrected chi connectivity index (χ4v) is 1.27. The van der Waals surface area contributed by atoms with Crippen molar-refractivity contribution >= 4 is 21.6 Å². The summed E-state index contributed by atoms with van der Waals surface area (Å²) in [5.74, 6) is 0. The van der Waals surface area contributed by atoms with Gasteiger partial charge in [0.15, 0.2) is 0 Å². The van der Waals surface area contributed by atoms with Gasteiger partial charge >= 0.3 is 0 Å². The number of nitrogens with zero attached hydrogens (tertiary/aromatic N) is 2. The Hall–Kier alpha value is -1.22. The predicted octanol–water partition coefficient (Wildman–Crippen LogP) is 2.43. The van der Waals surface area contributed by atoms with Crippen molar-refractivity contribution in [2.75, 3.05) is 5.73 Å². The van der Waals surface area contributed by atoms with Crippen LogP contribution in [0.2, 0.25) is 0 Å². The van der Waals surface area contributed by atoms with Crippen LogP contribution in [0.15, 0.2) is 10.5 Å². The highest BCUT2D eigenvalue weighted by atomic mass is 79.9. The molecule has 1 aromatic rings. The van der Waals surface area contributed by atoms with Gasteiger partial charge in [0, 0.05) is 5.69 Å². The van der Waals surface area contributed by atoms with E-state index in [1.165, 1.54) is 0 Å². The molecule has 0 radical (unpaired) electrons. The average Bonchev–Trinajstić information content (AvgIpc) is 2.12. The molecule has 0 bridgehead atoms. The minimum absolute atomic E-state index is 0.0503. The minimum atomic E-state index is -2.68. The number of aromatic nitrogens is 1. The van der Waals surface area contributed by atoms with Crippen molar-refractivity contribution in [1.82, 2.24) is 4.98 Å². The third-order valence-corrected chi connectivity index (χ3v) is 2.46. The van der Waals surface area contributed by atoms with E-state index in [9.17, 15) is 8.78 Å². The van der Waals surface area contributed by atoms with Crippen molar-refractivity contribution in [3.63, 3.8) is 0 Å². The van der Waals surface area contributed by atoms with Crippen LogP contribution in [-0.2, 0) is 6.42 Å². The zero-order chi connectivity index (χ0) is 10.7. The number of nitrogens with two attached hydrogens (primary N) is 1. The molecule has 6 heteroatoms. The highest BCUT2D eigenvalue weighted by Crippen LogP contribution is 2.27. The number of alkyl halides is 2. The van der Waals surface area contributed by atoms with E-state index in [0.29, 0.717) is 4.47 Å². The first-order valence-electron chi connectivity index (χ1n) is 3.66. The van der Waals surface area contributed by atoms with Gasteiger partial charge < -0.3 is 5.73 Å². The Morgan fingerprint density at radius 1 is 1.64 bits per heavy atom. The quantitative estimate of drug-likeness (QED) is 0.890. The van der Waals surface area contributed by atoms with Crippen molar-refractivity contribution in [2.45, 2.75) is 12.8 Å². The molecule has 1 aromatic heterocycles. The van der Waals surface area contributed by atoms with Crippen LogP contribution in [0.1, 0.15) is 17.8 Å². The average molecular weight is 262 g/mol. The third kappa shape index (κ3) is 2.17. The predicted molar refractivity (Wildman–Crippen MR) is 50.6 cm³/mol. The van der Waals surface area contributed by atoms with E-state index in [1.54, 1.807) is 0 Å². The minimum Gasteiger partial charge on any atom is -0.398 e. The Bertz CT molecular complexity index is 387. The summed E-state index contributed by atoms with van der Waals surface area (Å²) in [7, 11) is 0. The van der Waals surface area contributed by atoms with Crippen LogP contribution in [0.25, 0.3) is 0 Å². The van der Waals surface area contributed by atoms with E-state index in [0.717, 1.165) is 6.07 Å². The maximum Gasteiger partial charge on any atom is 0.280 e. The molecular formula is C8H6BrF2N3. The highest BCUT2D eigenvalue weighted by molar-refractivity contribution is 9.10. The number of rotatable bonds is 2. The molecule has 0 aromatic carbocycles. The van der Waals surface area contributed by atoms with Gasteiger partial charge in [-0.3, -0.25) is 0 Å². The molecule has 0 saturated carbocycles. The molecule has 2 N–H and O–H groups in total. The van der Waals surface area contributed by atoms with E-state index in [4.69, 9.17) is 11.0 Å². The summed E-state index contributed by atoms with van der Waals surface area (Å²) in [5, 5.41) is 8.43. The summed E-state index contributed by atoms with van der Waals surface area (Å²) >= 11 is 3.08. The lowest BCUT2D eigenvalue weighted by Gasteiger charge is -2.06. The van der Waals surface area contributed by atoms with E-state index < -0.39 is 12.1 Å². The van der Waals surface area contributed by atoms with Crippen molar-refractivity contribution < 1.29 is 8.78 Å². The van der Waals surface area contributed by atoms with Crippen LogP contribution >= 0.6 is 15.9 Å². The molecule has 0 fully saturated rings. The zero-order valence-electron chi connectivity index (χ0n) is 6.97. The summed E-state index contributed by atoms with van der Waals surface area (Å²) in [4.78, 5) is 3.62. The number of anilines is 1. The number of hydrogen-bond donors (Lipinski definition) is 1. The molecule has 1 heterocycles. The van der Waals surface area contributed by atoms with Crippen molar-refractivity contribution in [3.8, 4) is 6.07 Å². The summed E-state index contributed by atoms with van der Waals surface area (Å²) in [5.41, 5.74) is 5.46. The first-order valence-corrected chi connectivity index (χ1v) is 4.45. The second kappa shape index (κ2) is 4.33. The molecule has 14 heavy (non-hydrogen) atoms. The molecule has 0 atom stereocenters. The maximum atomic E-state index is 12.3. The Morgan fingerprint density at radius 3 is 2.79 bits per heavy atom. The molecule has 0 unspecified atom stereocenters. The molecule has 74 valence electrons. The number of nitriles is 1. The van der Waals surface area contributed by atoms with Crippen LogP contribution in [0.5, 0.6) is 0 Å². The smallest absolute Gasteiger partial charge is 0.280 e. The van der Waals surface area contributed by atoms with E-state index in [2.05, 4.69) is 20.9 Å². The highest BCUT2D eigenvalue weighted by Gasteiger charge is 2.14. The molecule has 0 aliphatic carbocycles. The second-order valence-corrected chi connectivity index (χ2v) is 3.33. The lowest BCUT2D eigenvalue weighted by Crippen LogP contribution is -2.01.